The second kappa shape index (κ2) is 6.53. The van der Waals surface area contributed by atoms with Gasteiger partial charge in [0.2, 0.25) is 0 Å². The average Bonchev–Trinajstić information content (AvgIpc) is 2.58. The van der Waals surface area contributed by atoms with Gasteiger partial charge in [-0.3, -0.25) is 9.52 Å². The van der Waals surface area contributed by atoms with Crippen LogP contribution in [0.5, 0.6) is 0 Å². The number of hydrogen-bond acceptors (Lipinski definition) is 4. The molecule has 14 heavy (non-hydrogen) atoms. The van der Waals surface area contributed by atoms with E-state index < -0.39 is 0 Å². The summed E-state index contributed by atoms with van der Waals surface area (Å²) in [5.74, 6) is 0. The summed E-state index contributed by atoms with van der Waals surface area (Å²) in [5, 5.41) is 4.07. The Morgan fingerprint density at radius 2 is 2.36 bits per heavy atom. The smallest absolute Gasteiger partial charge is 0.0915 e. The molecular weight excluding hydrogens is 182 g/mol. The third-order valence-corrected chi connectivity index (χ3v) is 1.90. The van der Waals surface area contributed by atoms with Crippen molar-refractivity contribution in [2.75, 3.05) is 26.9 Å². The van der Waals surface area contributed by atoms with E-state index in [0.29, 0.717) is 13.2 Å². The maximum atomic E-state index is 5.11. The molecule has 1 heterocycles. The van der Waals surface area contributed by atoms with E-state index in [0.717, 1.165) is 13.0 Å². The average molecular weight is 199 g/mol. The molecule has 0 aliphatic rings. The highest BCUT2D eigenvalue weighted by molar-refractivity contribution is 4.99. The zero-order valence-corrected chi connectivity index (χ0v) is 8.69. The van der Waals surface area contributed by atoms with E-state index in [-0.39, 0.29) is 0 Å². The van der Waals surface area contributed by atoms with E-state index in [9.17, 15) is 0 Å². The number of nitrogens with zero attached hydrogens (tertiary/aromatic N) is 2. The molecule has 1 aromatic rings. The molecule has 0 saturated carbocycles. The Labute approximate surface area is 84.0 Å². The van der Waals surface area contributed by atoms with Gasteiger partial charge in [0.1, 0.15) is 0 Å². The molecule has 0 atom stereocenters. The fourth-order valence-corrected chi connectivity index (χ4v) is 1.09. The summed E-state index contributed by atoms with van der Waals surface area (Å²) in [4.78, 5) is 5.11. The van der Waals surface area contributed by atoms with E-state index >= 15 is 0 Å². The molecule has 0 unspecified atom stereocenters. The van der Waals surface area contributed by atoms with Gasteiger partial charge in [-0.25, -0.2) is 5.48 Å². The summed E-state index contributed by atoms with van der Waals surface area (Å²) in [6.45, 7) is 1.96. The van der Waals surface area contributed by atoms with Crippen LogP contribution in [0.15, 0.2) is 12.3 Å². The summed E-state index contributed by atoms with van der Waals surface area (Å²) < 4.78 is 6.69. The van der Waals surface area contributed by atoms with Crippen molar-refractivity contribution in [2.45, 2.75) is 6.42 Å². The number of ether oxygens (including phenoxy) is 1. The summed E-state index contributed by atoms with van der Waals surface area (Å²) in [7, 11) is 3.58. The predicted molar refractivity (Wildman–Crippen MR) is 52.7 cm³/mol. The van der Waals surface area contributed by atoms with Crippen molar-refractivity contribution >= 4 is 0 Å². The Morgan fingerprint density at radius 3 is 3.00 bits per heavy atom. The monoisotopic (exact) mass is 199 g/mol. The second-order valence-electron chi connectivity index (χ2n) is 2.93. The van der Waals surface area contributed by atoms with Gasteiger partial charge in [-0.15, -0.1) is 0 Å². The van der Waals surface area contributed by atoms with Gasteiger partial charge in [0, 0.05) is 39.0 Å². The molecule has 5 nitrogen and oxygen atoms in total. The fourth-order valence-electron chi connectivity index (χ4n) is 1.09. The molecule has 0 fully saturated rings. The number of aromatic nitrogens is 2. The number of methoxy groups -OCH3 is 1. The molecule has 0 radical (unpaired) electrons. The summed E-state index contributed by atoms with van der Waals surface area (Å²) >= 11 is 0. The number of hydrogen-bond donors (Lipinski definition) is 1. The SMILES string of the molecule is COCCONCCc1ccnn1C. The van der Waals surface area contributed by atoms with Crippen LogP contribution >= 0.6 is 0 Å². The van der Waals surface area contributed by atoms with E-state index in [1.165, 1.54) is 5.69 Å². The fraction of sp³-hybridized carbons (Fsp3) is 0.667. The highest BCUT2D eigenvalue weighted by Crippen LogP contribution is 1.95. The second-order valence-corrected chi connectivity index (χ2v) is 2.93. The molecular formula is C9H17N3O2. The van der Waals surface area contributed by atoms with Crippen LogP contribution in [-0.2, 0) is 23.0 Å². The van der Waals surface area contributed by atoms with Crippen LogP contribution in [0.2, 0.25) is 0 Å². The van der Waals surface area contributed by atoms with Crippen molar-refractivity contribution in [3.05, 3.63) is 18.0 Å². The largest absolute Gasteiger partial charge is 0.382 e. The molecule has 0 aromatic carbocycles. The van der Waals surface area contributed by atoms with Crippen molar-refractivity contribution < 1.29 is 9.57 Å². The van der Waals surface area contributed by atoms with Gasteiger partial charge in [0.15, 0.2) is 0 Å². The molecule has 0 saturated heterocycles. The molecule has 0 aliphatic heterocycles. The minimum Gasteiger partial charge on any atom is -0.382 e. The Balaban J connectivity index is 2.02. The first-order chi connectivity index (χ1) is 6.84. The summed E-state index contributed by atoms with van der Waals surface area (Å²) in [6.07, 6.45) is 2.70. The number of aryl methyl sites for hydroxylation is 1. The van der Waals surface area contributed by atoms with Gasteiger partial charge < -0.3 is 4.74 Å². The van der Waals surface area contributed by atoms with Crippen LogP contribution < -0.4 is 5.48 Å². The first kappa shape index (κ1) is 11.2. The maximum absolute atomic E-state index is 5.11. The number of nitrogens with one attached hydrogen (secondary N) is 1. The lowest BCUT2D eigenvalue weighted by Crippen LogP contribution is -2.21. The lowest BCUT2D eigenvalue weighted by Gasteiger charge is -2.05. The normalized spacial score (nSPS) is 10.7. The molecule has 80 valence electrons. The maximum Gasteiger partial charge on any atom is 0.0915 e. The Morgan fingerprint density at radius 1 is 1.50 bits per heavy atom. The topological polar surface area (TPSA) is 48.3 Å². The molecule has 0 aliphatic carbocycles. The van der Waals surface area contributed by atoms with Crippen LogP contribution in [-0.4, -0.2) is 36.6 Å². The Hall–Kier alpha value is -0.910. The first-order valence-corrected chi connectivity index (χ1v) is 4.65. The minimum absolute atomic E-state index is 0.571. The predicted octanol–water partition coefficient (Wildman–Crippen LogP) is 0.130. The summed E-state index contributed by atoms with van der Waals surface area (Å²) in [5.41, 5.74) is 4.05. The van der Waals surface area contributed by atoms with Gasteiger partial charge in [0.25, 0.3) is 0 Å². The van der Waals surface area contributed by atoms with Crippen molar-refractivity contribution in [1.29, 1.82) is 0 Å². The van der Waals surface area contributed by atoms with Crippen molar-refractivity contribution in [2.24, 2.45) is 7.05 Å². The third kappa shape index (κ3) is 3.87. The van der Waals surface area contributed by atoms with Crippen LogP contribution in [0.4, 0.5) is 0 Å². The van der Waals surface area contributed by atoms with Gasteiger partial charge >= 0.3 is 0 Å². The Kier molecular flexibility index (Phi) is 5.21. The standard InChI is InChI=1S/C9H17N3O2/c1-12-9(3-5-10-12)4-6-11-14-8-7-13-2/h3,5,11H,4,6-8H2,1-2H3. The molecule has 0 bridgehead atoms. The van der Waals surface area contributed by atoms with Crippen molar-refractivity contribution in [3.8, 4) is 0 Å². The third-order valence-electron chi connectivity index (χ3n) is 1.90. The van der Waals surface area contributed by atoms with Gasteiger partial charge in [-0.1, -0.05) is 0 Å². The van der Waals surface area contributed by atoms with E-state index in [2.05, 4.69) is 10.6 Å². The number of hydroxylamine groups is 1. The molecule has 1 N–H and O–H groups in total. The molecule has 1 aromatic heterocycles. The zero-order valence-electron chi connectivity index (χ0n) is 8.69. The molecule has 0 amide bonds. The lowest BCUT2D eigenvalue weighted by molar-refractivity contribution is 0.00743. The van der Waals surface area contributed by atoms with Crippen molar-refractivity contribution in [3.63, 3.8) is 0 Å². The minimum atomic E-state index is 0.571. The van der Waals surface area contributed by atoms with Crippen LogP contribution in [0.25, 0.3) is 0 Å². The molecule has 5 heteroatoms. The summed E-state index contributed by atoms with van der Waals surface area (Å²) in [6, 6.07) is 2.00. The lowest BCUT2D eigenvalue weighted by atomic mass is 10.3. The quantitative estimate of drug-likeness (QED) is 0.501. The van der Waals surface area contributed by atoms with Gasteiger partial charge in [-0.2, -0.15) is 5.10 Å². The van der Waals surface area contributed by atoms with Crippen LogP contribution in [0.3, 0.4) is 0 Å². The Bertz CT molecular complexity index is 250. The van der Waals surface area contributed by atoms with Crippen LogP contribution in [0.1, 0.15) is 5.69 Å². The van der Waals surface area contributed by atoms with E-state index in [4.69, 9.17) is 9.57 Å². The highest BCUT2D eigenvalue weighted by Gasteiger charge is 1.96. The first-order valence-electron chi connectivity index (χ1n) is 4.65. The van der Waals surface area contributed by atoms with Gasteiger partial charge in [0.05, 0.1) is 13.2 Å². The van der Waals surface area contributed by atoms with E-state index in [1.807, 2.05) is 17.8 Å². The van der Waals surface area contributed by atoms with Crippen molar-refractivity contribution in [1.82, 2.24) is 15.3 Å². The number of rotatable bonds is 7. The van der Waals surface area contributed by atoms with Crippen LogP contribution in [0, 0.1) is 0 Å². The van der Waals surface area contributed by atoms with E-state index in [1.54, 1.807) is 13.3 Å². The molecule has 0 spiro atoms. The molecule has 1 rings (SSSR count). The zero-order chi connectivity index (χ0) is 10.2. The highest BCUT2D eigenvalue weighted by atomic mass is 16.7. The van der Waals surface area contributed by atoms with Gasteiger partial charge in [-0.05, 0) is 6.07 Å².